The summed E-state index contributed by atoms with van der Waals surface area (Å²) in [4.78, 5) is 26.8. The molecule has 2 aromatic rings. The summed E-state index contributed by atoms with van der Waals surface area (Å²) in [6.07, 6.45) is -0.858. The number of alkyl halides is 3. The molecule has 2 aromatic carbocycles. The van der Waals surface area contributed by atoms with Crippen molar-refractivity contribution in [3.63, 3.8) is 0 Å². The zero-order valence-corrected chi connectivity index (χ0v) is 19.3. The van der Waals surface area contributed by atoms with Crippen LogP contribution in [0.25, 0.3) is 0 Å². The van der Waals surface area contributed by atoms with Gasteiger partial charge in [-0.1, -0.05) is 54.6 Å². The van der Waals surface area contributed by atoms with E-state index in [1.165, 1.54) is 12.1 Å². The number of ether oxygens (including phenoxy) is 1. The fourth-order valence-corrected chi connectivity index (χ4v) is 4.14. The van der Waals surface area contributed by atoms with Crippen molar-refractivity contribution in [3.8, 4) is 0 Å². The first kappa shape index (κ1) is 24.1. The third-order valence-electron chi connectivity index (χ3n) is 5.02. The second-order valence-electron chi connectivity index (χ2n) is 7.24. The predicted molar refractivity (Wildman–Crippen MR) is 123 cm³/mol. The number of hydrogen-bond donors (Lipinski definition) is 0. The van der Waals surface area contributed by atoms with E-state index in [0.29, 0.717) is 21.4 Å². The molecule has 1 heterocycles. The van der Waals surface area contributed by atoms with Gasteiger partial charge in [0.05, 0.1) is 11.7 Å². The number of carbonyl (C=O) groups is 2. The van der Waals surface area contributed by atoms with Crippen LogP contribution >= 0.6 is 22.6 Å². The quantitative estimate of drug-likeness (QED) is 0.346. The van der Waals surface area contributed by atoms with E-state index in [2.05, 4.69) is 0 Å². The summed E-state index contributed by atoms with van der Waals surface area (Å²) in [5, 5.41) is 0. The van der Waals surface area contributed by atoms with Gasteiger partial charge >= 0.3 is 18.2 Å². The van der Waals surface area contributed by atoms with Crippen molar-refractivity contribution in [2.24, 2.45) is 0 Å². The second kappa shape index (κ2) is 10.8. The molecular weight excluding hydrogens is 536 g/mol. The van der Waals surface area contributed by atoms with E-state index < -0.39 is 18.2 Å². The van der Waals surface area contributed by atoms with Crippen molar-refractivity contribution < 1.29 is 27.5 Å². The molecule has 0 bridgehead atoms. The molecule has 1 atom stereocenters. The van der Waals surface area contributed by atoms with Crippen LogP contribution in [0, 0.1) is 3.57 Å². The van der Waals surface area contributed by atoms with Crippen LogP contribution in [0.3, 0.4) is 0 Å². The molecule has 9 heteroatoms. The monoisotopic (exact) mass is 558 g/mol. The zero-order chi connectivity index (χ0) is 23.1. The molecule has 170 valence electrons. The van der Waals surface area contributed by atoms with Gasteiger partial charge in [-0.15, -0.1) is 0 Å². The van der Waals surface area contributed by atoms with Crippen LogP contribution in [0.1, 0.15) is 18.4 Å². The molecule has 1 aliphatic heterocycles. The number of halogens is 4. The van der Waals surface area contributed by atoms with Crippen LogP contribution < -0.4 is 4.90 Å². The number of rotatable bonds is 6. The fourth-order valence-electron chi connectivity index (χ4n) is 3.46. The Balaban J connectivity index is 1.66. The summed E-state index contributed by atoms with van der Waals surface area (Å²) in [7, 11) is 0. The van der Waals surface area contributed by atoms with E-state index in [-0.39, 0.29) is 24.9 Å². The predicted octanol–water partition coefficient (Wildman–Crippen LogP) is 5.54. The number of hydrogen-bond acceptors (Lipinski definition) is 3. The van der Waals surface area contributed by atoms with Crippen LogP contribution in [-0.4, -0.2) is 42.2 Å². The Bertz CT molecular complexity index is 966. The molecule has 5 nitrogen and oxygen atoms in total. The number of amides is 2. The van der Waals surface area contributed by atoms with E-state index in [1.807, 2.05) is 52.9 Å². The van der Waals surface area contributed by atoms with E-state index in [1.54, 1.807) is 29.2 Å². The molecule has 1 saturated heterocycles. The van der Waals surface area contributed by atoms with Crippen molar-refractivity contribution in [2.75, 3.05) is 18.0 Å². The molecule has 0 unspecified atom stereocenters. The molecule has 0 radical (unpaired) electrons. The maximum Gasteiger partial charge on any atom is 0.471 e. The molecule has 32 heavy (non-hydrogen) atoms. The Kier molecular flexibility index (Phi) is 8.16. The highest BCUT2D eigenvalue weighted by molar-refractivity contribution is 14.1. The van der Waals surface area contributed by atoms with E-state index in [4.69, 9.17) is 4.74 Å². The van der Waals surface area contributed by atoms with Crippen molar-refractivity contribution in [1.82, 2.24) is 4.90 Å². The van der Waals surface area contributed by atoms with Crippen LogP contribution in [0.5, 0.6) is 0 Å². The normalized spacial score (nSPS) is 16.4. The minimum absolute atomic E-state index is 0.146. The molecule has 2 amide bonds. The van der Waals surface area contributed by atoms with Gasteiger partial charge in [0.25, 0.3) is 0 Å². The summed E-state index contributed by atoms with van der Waals surface area (Å²) in [6.45, 7) is 0.388. The smallest absolute Gasteiger partial charge is 0.445 e. The summed E-state index contributed by atoms with van der Waals surface area (Å²) < 4.78 is 45.4. The summed E-state index contributed by atoms with van der Waals surface area (Å²) in [5.41, 5.74) is 1.05. The van der Waals surface area contributed by atoms with Crippen molar-refractivity contribution in [2.45, 2.75) is 31.7 Å². The standard InChI is InChI=1S/C23H22F3IN2O3/c24-23(25,26)21(30)29(20-13-5-4-12-19(20)27)15-7-11-18-10-6-14-28(18)22(31)32-16-17-8-2-1-3-9-17/h1-5,7-9,11-13,18H,6,10,14-16H2/b11-7-/t18-/m1/s1. The maximum atomic E-state index is 13.2. The Morgan fingerprint density at radius 2 is 1.81 bits per heavy atom. The van der Waals surface area contributed by atoms with E-state index in [9.17, 15) is 22.8 Å². The summed E-state index contributed by atoms with van der Waals surface area (Å²) >= 11 is 1.90. The Morgan fingerprint density at radius 1 is 1.12 bits per heavy atom. The molecule has 3 rings (SSSR count). The highest BCUT2D eigenvalue weighted by Crippen LogP contribution is 2.28. The van der Waals surface area contributed by atoms with Gasteiger partial charge in [0, 0.05) is 16.7 Å². The van der Waals surface area contributed by atoms with Gasteiger partial charge in [0.2, 0.25) is 0 Å². The van der Waals surface area contributed by atoms with E-state index in [0.717, 1.165) is 12.0 Å². The van der Waals surface area contributed by atoms with Crippen molar-refractivity contribution >= 4 is 40.3 Å². The molecule has 0 N–H and O–H groups in total. The minimum atomic E-state index is -4.99. The van der Waals surface area contributed by atoms with Crippen LogP contribution in [-0.2, 0) is 16.1 Å². The molecule has 0 aliphatic carbocycles. The summed E-state index contributed by atoms with van der Waals surface area (Å²) in [6, 6.07) is 15.4. The molecule has 0 saturated carbocycles. The lowest BCUT2D eigenvalue weighted by Gasteiger charge is -2.24. The van der Waals surface area contributed by atoms with E-state index >= 15 is 0 Å². The second-order valence-corrected chi connectivity index (χ2v) is 8.40. The number of carbonyl (C=O) groups excluding carboxylic acids is 2. The van der Waals surface area contributed by atoms with Gasteiger partial charge in [-0.3, -0.25) is 9.69 Å². The average Bonchev–Trinajstić information content (AvgIpc) is 3.24. The molecule has 1 aliphatic rings. The molecule has 0 aromatic heterocycles. The number of likely N-dealkylation sites (tertiary alicyclic amines) is 1. The Morgan fingerprint density at radius 3 is 2.50 bits per heavy atom. The van der Waals surface area contributed by atoms with Crippen molar-refractivity contribution in [3.05, 3.63) is 75.9 Å². The highest BCUT2D eigenvalue weighted by atomic mass is 127. The van der Waals surface area contributed by atoms with Gasteiger partial charge in [0.15, 0.2) is 0 Å². The number of anilines is 1. The zero-order valence-electron chi connectivity index (χ0n) is 17.1. The van der Waals surface area contributed by atoms with Gasteiger partial charge in [-0.2, -0.15) is 13.2 Å². The highest BCUT2D eigenvalue weighted by Gasteiger charge is 2.43. The molecular formula is C23H22F3IN2O3. The van der Waals surface area contributed by atoms with Crippen molar-refractivity contribution in [1.29, 1.82) is 0 Å². The Labute approximate surface area is 198 Å². The summed E-state index contributed by atoms with van der Waals surface area (Å²) in [5.74, 6) is -1.93. The Hall–Kier alpha value is -2.56. The van der Waals surface area contributed by atoms with Crippen LogP contribution in [0.15, 0.2) is 66.7 Å². The number of benzene rings is 2. The van der Waals surface area contributed by atoms with Gasteiger partial charge in [-0.05, 0) is 53.1 Å². The topological polar surface area (TPSA) is 49.9 Å². The minimum Gasteiger partial charge on any atom is -0.445 e. The van der Waals surface area contributed by atoms with Crippen LogP contribution in [0.2, 0.25) is 0 Å². The average molecular weight is 558 g/mol. The first-order valence-electron chi connectivity index (χ1n) is 10.0. The third-order valence-corrected chi connectivity index (χ3v) is 5.93. The number of nitrogens with zero attached hydrogens (tertiary/aromatic N) is 2. The largest absolute Gasteiger partial charge is 0.471 e. The lowest BCUT2D eigenvalue weighted by molar-refractivity contribution is -0.170. The van der Waals surface area contributed by atoms with Gasteiger partial charge in [-0.25, -0.2) is 4.79 Å². The number of para-hydroxylation sites is 1. The first-order chi connectivity index (χ1) is 15.3. The van der Waals surface area contributed by atoms with Gasteiger partial charge < -0.3 is 9.64 Å². The maximum absolute atomic E-state index is 13.2. The molecule has 0 spiro atoms. The lowest BCUT2D eigenvalue weighted by atomic mass is 10.2. The fraction of sp³-hybridized carbons (Fsp3) is 0.304. The SMILES string of the molecule is O=C(OCc1ccccc1)N1CCC[C@@H]1/C=C\CN(C(=O)C(F)(F)F)c1ccccc1I. The third kappa shape index (κ3) is 6.24. The molecule has 1 fully saturated rings. The van der Waals surface area contributed by atoms with Crippen LogP contribution in [0.4, 0.5) is 23.7 Å². The first-order valence-corrected chi connectivity index (χ1v) is 11.1. The van der Waals surface area contributed by atoms with Gasteiger partial charge in [0.1, 0.15) is 6.61 Å². The lowest BCUT2D eigenvalue weighted by Crippen LogP contribution is -2.42.